The Balaban J connectivity index is 1.79. The van der Waals surface area contributed by atoms with Gasteiger partial charge in [0.1, 0.15) is 16.6 Å². The predicted octanol–water partition coefficient (Wildman–Crippen LogP) is 2.35. The van der Waals surface area contributed by atoms with Crippen LogP contribution in [0.2, 0.25) is 0 Å². The van der Waals surface area contributed by atoms with E-state index in [-0.39, 0.29) is 22.7 Å². The second-order valence-corrected chi connectivity index (χ2v) is 6.09. The Morgan fingerprint density at radius 1 is 1.23 bits per heavy atom. The lowest BCUT2D eigenvalue weighted by molar-refractivity contribution is -0.122. The number of nitrogens with two attached hydrogens (primary N) is 1. The van der Waals surface area contributed by atoms with Gasteiger partial charge < -0.3 is 15.3 Å². The third kappa shape index (κ3) is 2.17. The van der Waals surface area contributed by atoms with Crippen LogP contribution in [0.25, 0.3) is 22.6 Å². The maximum atomic E-state index is 13.8. The van der Waals surface area contributed by atoms with Crippen molar-refractivity contribution in [2.45, 2.75) is 17.8 Å². The molecule has 1 amide bonds. The number of alkyl halides is 2. The molecule has 0 radical (unpaired) electrons. The number of carbonyl (C=O) groups excluding carboxylic acids is 1. The normalized spacial score (nSPS) is 20.8. The van der Waals surface area contributed by atoms with E-state index in [1.54, 1.807) is 0 Å². The molecule has 2 aromatic heterocycles. The number of carboxylic acids is 1. The lowest BCUT2D eigenvalue weighted by atomic mass is 9.94. The molecule has 7 nitrogen and oxygen atoms in total. The number of halogens is 2. The molecule has 1 unspecified atom stereocenters. The summed E-state index contributed by atoms with van der Waals surface area (Å²) < 4.78 is 33.1. The first-order chi connectivity index (χ1) is 12.2. The lowest BCUT2D eigenvalue weighted by Crippen LogP contribution is -2.33. The second-order valence-electron chi connectivity index (χ2n) is 6.09. The average molecular weight is 359 g/mol. The van der Waals surface area contributed by atoms with Crippen LogP contribution < -0.4 is 5.73 Å². The van der Waals surface area contributed by atoms with Crippen LogP contribution in [0.15, 0.2) is 40.9 Å². The van der Waals surface area contributed by atoms with Crippen molar-refractivity contribution in [1.82, 2.24) is 9.97 Å². The van der Waals surface area contributed by atoms with Gasteiger partial charge >= 0.3 is 5.97 Å². The number of rotatable bonds is 4. The van der Waals surface area contributed by atoms with Crippen LogP contribution >= 0.6 is 0 Å². The van der Waals surface area contributed by atoms with E-state index >= 15 is 0 Å². The first-order valence-corrected chi connectivity index (χ1v) is 7.53. The van der Waals surface area contributed by atoms with Gasteiger partial charge in [-0.1, -0.05) is 6.07 Å². The third-order valence-corrected chi connectivity index (χ3v) is 4.51. The fourth-order valence-corrected chi connectivity index (χ4v) is 3.01. The van der Waals surface area contributed by atoms with Crippen LogP contribution in [0.1, 0.15) is 22.5 Å². The topological polar surface area (TPSA) is 119 Å². The summed E-state index contributed by atoms with van der Waals surface area (Å²) in [6.07, 6.45) is 0.653. The summed E-state index contributed by atoms with van der Waals surface area (Å²) in [6.45, 7) is 0. The number of nitrogens with zero attached hydrogens (tertiary/aromatic N) is 2. The number of amides is 1. The smallest absolute Gasteiger partial charge is 0.354 e. The summed E-state index contributed by atoms with van der Waals surface area (Å²) in [5.41, 5.74) is 3.99. The van der Waals surface area contributed by atoms with Crippen LogP contribution in [-0.4, -0.2) is 32.9 Å². The number of fused-ring (bicyclic) bond motifs is 1. The Kier molecular flexibility index (Phi) is 3.15. The van der Waals surface area contributed by atoms with Gasteiger partial charge in [-0.3, -0.25) is 4.79 Å². The van der Waals surface area contributed by atoms with Crippen LogP contribution in [-0.2, 0) is 10.2 Å². The average Bonchev–Trinajstić information content (AvgIpc) is 2.99. The minimum atomic E-state index is -3.20. The van der Waals surface area contributed by atoms with E-state index in [4.69, 9.17) is 15.3 Å². The van der Waals surface area contributed by atoms with E-state index < -0.39 is 29.6 Å². The van der Waals surface area contributed by atoms with Crippen LogP contribution in [0, 0.1) is 0 Å². The van der Waals surface area contributed by atoms with E-state index in [1.165, 1.54) is 36.5 Å². The molecule has 132 valence electrons. The minimum Gasteiger partial charge on any atom is -0.477 e. The number of aromatic carboxylic acids is 1. The van der Waals surface area contributed by atoms with E-state index in [9.17, 15) is 18.4 Å². The maximum absolute atomic E-state index is 13.8. The molecule has 1 saturated carbocycles. The summed E-state index contributed by atoms with van der Waals surface area (Å²) >= 11 is 0. The molecule has 2 heterocycles. The number of hydrogen-bond donors (Lipinski definition) is 2. The molecule has 3 aromatic rings. The summed E-state index contributed by atoms with van der Waals surface area (Å²) in [5, 5.41) is 9.00. The first-order valence-electron chi connectivity index (χ1n) is 7.53. The van der Waals surface area contributed by atoms with E-state index in [0.29, 0.717) is 11.1 Å². The number of primary amides is 1. The molecule has 3 N–H and O–H groups in total. The number of aromatic nitrogens is 2. The van der Waals surface area contributed by atoms with Gasteiger partial charge in [0.25, 0.3) is 5.92 Å². The molecule has 26 heavy (non-hydrogen) atoms. The molecule has 1 aromatic carbocycles. The Morgan fingerprint density at radius 2 is 1.96 bits per heavy atom. The van der Waals surface area contributed by atoms with Crippen LogP contribution in [0.4, 0.5) is 8.78 Å². The maximum Gasteiger partial charge on any atom is 0.354 e. The van der Waals surface area contributed by atoms with Gasteiger partial charge in [0.2, 0.25) is 11.8 Å². The van der Waals surface area contributed by atoms with Gasteiger partial charge in [-0.2, -0.15) is 0 Å². The van der Waals surface area contributed by atoms with Gasteiger partial charge in [0, 0.05) is 18.2 Å². The second kappa shape index (κ2) is 5.07. The van der Waals surface area contributed by atoms with Gasteiger partial charge in [-0.15, -0.1) is 0 Å². The number of oxazole rings is 1. The molecule has 0 aliphatic heterocycles. The van der Waals surface area contributed by atoms with Crippen molar-refractivity contribution in [1.29, 1.82) is 0 Å². The largest absolute Gasteiger partial charge is 0.477 e. The zero-order valence-electron chi connectivity index (χ0n) is 13.1. The Bertz CT molecular complexity index is 1080. The highest BCUT2D eigenvalue weighted by Gasteiger charge is 2.76. The van der Waals surface area contributed by atoms with Crippen molar-refractivity contribution in [3.8, 4) is 11.5 Å². The fraction of sp³-hybridized carbons (Fsp3) is 0.176. The quantitative estimate of drug-likeness (QED) is 0.738. The zero-order valence-corrected chi connectivity index (χ0v) is 13.1. The number of hydrogen-bond acceptors (Lipinski definition) is 5. The predicted molar refractivity (Wildman–Crippen MR) is 84.6 cm³/mol. The lowest BCUT2D eigenvalue weighted by Gasteiger charge is -2.12. The Morgan fingerprint density at radius 3 is 2.58 bits per heavy atom. The monoisotopic (exact) mass is 359 g/mol. The zero-order chi connectivity index (χ0) is 18.7. The third-order valence-electron chi connectivity index (χ3n) is 4.51. The molecule has 9 heteroatoms. The number of benzene rings is 1. The molecule has 0 spiro atoms. The minimum absolute atomic E-state index is 0.0613. The molecule has 0 saturated heterocycles. The Hall–Kier alpha value is -3.36. The van der Waals surface area contributed by atoms with Crippen molar-refractivity contribution < 1.29 is 27.9 Å². The number of carbonyl (C=O) groups is 2. The molecule has 1 fully saturated rings. The first kappa shape index (κ1) is 16.1. The van der Waals surface area contributed by atoms with Gasteiger partial charge in [0.05, 0.1) is 0 Å². The van der Waals surface area contributed by atoms with Crippen molar-refractivity contribution in [3.05, 3.63) is 47.8 Å². The van der Waals surface area contributed by atoms with Crippen molar-refractivity contribution in [2.24, 2.45) is 5.73 Å². The number of pyridine rings is 1. The molecule has 4 rings (SSSR count). The summed E-state index contributed by atoms with van der Waals surface area (Å²) in [6, 6.07) is 6.94. The highest BCUT2D eigenvalue weighted by atomic mass is 19.3. The highest BCUT2D eigenvalue weighted by molar-refractivity contribution is 5.93. The molecular formula is C17H11F2N3O4. The van der Waals surface area contributed by atoms with Crippen LogP contribution in [0.3, 0.4) is 0 Å². The van der Waals surface area contributed by atoms with Crippen molar-refractivity contribution >= 4 is 23.0 Å². The standard InChI is InChI=1S/C17H11F2N3O4/c18-17(19)7-16(17,15(20)25)9-1-2-10-12(6-9)26-13(22-10)8-3-4-21-11(5-8)14(23)24/h1-6H,7H2,(H2,20,25)(H,23,24). The molecule has 1 atom stereocenters. The SMILES string of the molecule is NC(=O)C1(c2ccc3nc(-c4ccnc(C(=O)O)c4)oc3c2)CC1(F)F. The summed E-state index contributed by atoms with van der Waals surface area (Å²) in [7, 11) is 0. The van der Waals surface area contributed by atoms with E-state index in [2.05, 4.69) is 9.97 Å². The summed E-state index contributed by atoms with van der Waals surface area (Å²) in [4.78, 5) is 30.5. The number of carboxylic acid groups (broad SMARTS) is 1. The molecule has 1 aliphatic carbocycles. The van der Waals surface area contributed by atoms with E-state index in [1.807, 2.05) is 0 Å². The van der Waals surface area contributed by atoms with Gasteiger partial charge in [0.15, 0.2) is 5.58 Å². The molecule has 1 aliphatic rings. The summed E-state index contributed by atoms with van der Waals surface area (Å²) in [5.74, 6) is -5.39. The van der Waals surface area contributed by atoms with Gasteiger partial charge in [-0.25, -0.2) is 23.5 Å². The highest BCUT2D eigenvalue weighted by Crippen LogP contribution is 2.61. The molecule has 0 bridgehead atoms. The fourth-order valence-electron chi connectivity index (χ4n) is 3.01. The van der Waals surface area contributed by atoms with Crippen molar-refractivity contribution in [2.75, 3.05) is 0 Å². The van der Waals surface area contributed by atoms with Crippen molar-refractivity contribution in [3.63, 3.8) is 0 Å². The Labute approximate surface area is 144 Å². The molecular weight excluding hydrogens is 348 g/mol. The van der Waals surface area contributed by atoms with E-state index in [0.717, 1.165) is 0 Å². The van der Waals surface area contributed by atoms with Gasteiger partial charge in [-0.05, 0) is 29.8 Å². The van der Waals surface area contributed by atoms with Crippen LogP contribution in [0.5, 0.6) is 0 Å².